The van der Waals surface area contributed by atoms with Crippen molar-refractivity contribution >= 4 is 23.1 Å². The molecule has 118 valence electrons. The summed E-state index contributed by atoms with van der Waals surface area (Å²) in [5, 5.41) is 14.2. The monoisotopic (exact) mass is 326 g/mol. The summed E-state index contributed by atoms with van der Waals surface area (Å²) in [6.45, 7) is 3.39. The van der Waals surface area contributed by atoms with Crippen LogP contribution in [-0.4, -0.2) is 37.1 Å². The summed E-state index contributed by atoms with van der Waals surface area (Å²) in [5.74, 6) is 0. The highest BCUT2D eigenvalue weighted by Crippen LogP contribution is 2.21. The number of hydrogen-bond donors (Lipinski definition) is 1. The Morgan fingerprint density at radius 1 is 1.17 bits per heavy atom. The molecular weight excluding hydrogens is 308 g/mol. The Morgan fingerprint density at radius 2 is 1.96 bits per heavy atom. The van der Waals surface area contributed by atoms with Gasteiger partial charge in [0.1, 0.15) is 6.07 Å². The van der Waals surface area contributed by atoms with Crippen LogP contribution in [0.5, 0.6) is 0 Å². The summed E-state index contributed by atoms with van der Waals surface area (Å²) in [6.07, 6.45) is 0. The molecule has 2 amide bonds. The van der Waals surface area contributed by atoms with Crippen LogP contribution in [0.25, 0.3) is 0 Å². The van der Waals surface area contributed by atoms with Crippen LogP contribution in [0, 0.1) is 11.3 Å². The van der Waals surface area contributed by atoms with Gasteiger partial charge in [0, 0.05) is 31.1 Å². The van der Waals surface area contributed by atoms with Crippen molar-refractivity contribution in [3.63, 3.8) is 0 Å². The van der Waals surface area contributed by atoms with Crippen LogP contribution in [0.2, 0.25) is 0 Å². The second-order valence-electron chi connectivity index (χ2n) is 5.34. The predicted molar refractivity (Wildman–Crippen MR) is 91.5 cm³/mol. The molecule has 1 saturated heterocycles. The zero-order valence-electron chi connectivity index (χ0n) is 12.7. The Hall–Kier alpha value is -2.52. The lowest BCUT2D eigenvalue weighted by Crippen LogP contribution is -2.51. The Kier molecular flexibility index (Phi) is 4.79. The van der Waals surface area contributed by atoms with Crippen LogP contribution >= 0.6 is 11.3 Å². The molecule has 0 saturated carbocycles. The van der Waals surface area contributed by atoms with Crippen LogP contribution in [0.3, 0.4) is 0 Å². The molecule has 1 aromatic heterocycles. The third-order valence-electron chi connectivity index (χ3n) is 3.93. The second kappa shape index (κ2) is 7.16. The maximum absolute atomic E-state index is 12.2. The molecule has 2 aromatic rings. The highest BCUT2D eigenvalue weighted by atomic mass is 32.1. The van der Waals surface area contributed by atoms with Gasteiger partial charge in [-0.2, -0.15) is 5.26 Å². The average Bonchev–Trinajstić information content (AvgIpc) is 3.13. The SMILES string of the molecule is N#Cc1ccccc1N1CCN(C(=O)NCc2cccs2)CC1. The van der Waals surface area contributed by atoms with Gasteiger partial charge in [0.25, 0.3) is 0 Å². The molecule has 0 atom stereocenters. The fourth-order valence-electron chi connectivity index (χ4n) is 2.68. The first-order valence-corrected chi connectivity index (χ1v) is 8.45. The fourth-order valence-corrected chi connectivity index (χ4v) is 3.33. The molecule has 0 radical (unpaired) electrons. The van der Waals surface area contributed by atoms with Gasteiger partial charge in [-0.05, 0) is 23.6 Å². The van der Waals surface area contributed by atoms with Crippen molar-refractivity contribution in [2.45, 2.75) is 6.54 Å². The fraction of sp³-hybridized carbons (Fsp3) is 0.294. The van der Waals surface area contributed by atoms with Gasteiger partial charge in [0.2, 0.25) is 0 Å². The number of carbonyl (C=O) groups excluding carboxylic acids is 1. The Bertz CT molecular complexity index is 700. The third-order valence-corrected chi connectivity index (χ3v) is 4.80. The minimum absolute atomic E-state index is 0.0216. The molecule has 2 heterocycles. The van der Waals surface area contributed by atoms with Crippen LogP contribution in [0.4, 0.5) is 10.5 Å². The van der Waals surface area contributed by atoms with E-state index in [0.717, 1.165) is 23.7 Å². The number of urea groups is 1. The number of nitrogens with zero attached hydrogens (tertiary/aromatic N) is 3. The number of piperazine rings is 1. The number of hydrogen-bond acceptors (Lipinski definition) is 4. The van der Waals surface area contributed by atoms with Crippen LogP contribution in [-0.2, 0) is 6.54 Å². The van der Waals surface area contributed by atoms with Crippen LogP contribution in [0.15, 0.2) is 41.8 Å². The van der Waals surface area contributed by atoms with E-state index >= 15 is 0 Å². The lowest BCUT2D eigenvalue weighted by atomic mass is 10.1. The summed E-state index contributed by atoms with van der Waals surface area (Å²) in [5.41, 5.74) is 1.64. The summed E-state index contributed by atoms with van der Waals surface area (Å²) >= 11 is 1.64. The first kappa shape index (κ1) is 15.4. The lowest BCUT2D eigenvalue weighted by Gasteiger charge is -2.36. The van der Waals surface area contributed by atoms with Crippen molar-refractivity contribution < 1.29 is 4.79 Å². The molecule has 0 spiro atoms. The Labute approximate surface area is 139 Å². The van der Waals surface area contributed by atoms with Gasteiger partial charge >= 0.3 is 6.03 Å². The maximum atomic E-state index is 12.2. The summed E-state index contributed by atoms with van der Waals surface area (Å²) < 4.78 is 0. The number of nitriles is 1. The quantitative estimate of drug-likeness (QED) is 0.943. The molecule has 1 aliphatic heterocycles. The lowest BCUT2D eigenvalue weighted by molar-refractivity contribution is 0.194. The minimum atomic E-state index is -0.0216. The smallest absolute Gasteiger partial charge is 0.317 e. The summed E-state index contributed by atoms with van der Waals surface area (Å²) in [6, 6.07) is 13.8. The number of anilines is 1. The highest BCUT2D eigenvalue weighted by molar-refractivity contribution is 7.09. The number of thiophene rings is 1. The number of para-hydroxylation sites is 1. The molecule has 5 nitrogen and oxygen atoms in total. The Morgan fingerprint density at radius 3 is 2.65 bits per heavy atom. The first-order valence-electron chi connectivity index (χ1n) is 7.57. The van der Waals surface area contributed by atoms with E-state index in [1.807, 2.05) is 46.7 Å². The molecule has 0 unspecified atom stereocenters. The standard InChI is InChI=1S/C17H18N4OS/c18-12-14-4-1-2-6-16(14)20-7-9-21(10-8-20)17(22)19-13-15-5-3-11-23-15/h1-6,11H,7-10,13H2,(H,19,22). The van der Waals surface area contributed by atoms with E-state index in [1.165, 1.54) is 0 Å². The predicted octanol–water partition coefficient (Wildman–Crippen LogP) is 2.65. The largest absolute Gasteiger partial charge is 0.367 e. The van der Waals surface area contributed by atoms with Crippen molar-refractivity contribution in [3.8, 4) is 6.07 Å². The van der Waals surface area contributed by atoms with Crippen molar-refractivity contribution in [1.29, 1.82) is 5.26 Å². The normalized spacial score (nSPS) is 14.4. The molecular formula is C17H18N4OS. The van der Waals surface area contributed by atoms with Gasteiger partial charge in [-0.25, -0.2) is 4.79 Å². The molecule has 6 heteroatoms. The van der Waals surface area contributed by atoms with Gasteiger partial charge in [-0.3, -0.25) is 0 Å². The zero-order chi connectivity index (χ0) is 16.1. The molecule has 23 heavy (non-hydrogen) atoms. The van der Waals surface area contributed by atoms with Crippen LogP contribution < -0.4 is 10.2 Å². The zero-order valence-corrected chi connectivity index (χ0v) is 13.6. The highest BCUT2D eigenvalue weighted by Gasteiger charge is 2.22. The van der Waals surface area contributed by atoms with E-state index in [0.29, 0.717) is 25.2 Å². The van der Waals surface area contributed by atoms with E-state index in [2.05, 4.69) is 16.3 Å². The number of carbonyl (C=O) groups is 1. The molecule has 1 N–H and O–H groups in total. The van der Waals surface area contributed by atoms with E-state index < -0.39 is 0 Å². The van der Waals surface area contributed by atoms with Crippen molar-refractivity contribution in [2.75, 3.05) is 31.1 Å². The second-order valence-corrected chi connectivity index (χ2v) is 6.37. The molecule has 0 bridgehead atoms. The van der Waals surface area contributed by atoms with Crippen molar-refractivity contribution in [3.05, 3.63) is 52.2 Å². The van der Waals surface area contributed by atoms with Gasteiger partial charge in [-0.15, -0.1) is 11.3 Å². The maximum Gasteiger partial charge on any atom is 0.317 e. The van der Waals surface area contributed by atoms with Gasteiger partial charge in [0.05, 0.1) is 17.8 Å². The molecule has 1 aromatic carbocycles. The number of benzene rings is 1. The molecule has 0 aliphatic carbocycles. The van der Waals surface area contributed by atoms with E-state index in [9.17, 15) is 10.1 Å². The van der Waals surface area contributed by atoms with E-state index in [1.54, 1.807) is 11.3 Å². The topological polar surface area (TPSA) is 59.4 Å². The summed E-state index contributed by atoms with van der Waals surface area (Å²) in [7, 11) is 0. The molecule has 3 rings (SSSR count). The number of rotatable bonds is 3. The minimum Gasteiger partial charge on any atom is -0.367 e. The summed E-state index contributed by atoms with van der Waals surface area (Å²) in [4.78, 5) is 17.4. The number of amides is 2. The molecule has 1 aliphatic rings. The van der Waals surface area contributed by atoms with E-state index in [4.69, 9.17) is 0 Å². The van der Waals surface area contributed by atoms with Crippen molar-refractivity contribution in [2.24, 2.45) is 0 Å². The average molecular weight is 326 g/mol. The third kappa shape index (κ3) is 3.63. The van der Waals surface area contributed by atoms with Gasteiger partial charge in [-0.1, -0.05) is 18.2 Å². The van der Waals surface area contributed by atoms with E-state index in [-0.39, 0.29) is 6.03 Å². The first-order chi connectivity index (χ1) is 11.3. The number of nitrogens with one attached hydrogen (secondary N) is 1. The Balaban J connectivity index is 1.54. The van der Waals surface area contributed by atoms with Gasteiger partial charge in [0.15, 0.2) is 0 Å². The van der Waals surface area contributed by atoms with Gasteiger partial charge < -0.3 is 15.1 Å². The molecule has 1 fully saturated rings. The van der Waals surface area contributed by atoms with Crippen LogP contribution in [0.1, 0.15) is 10.4 Å². The van der Waals surface area contributed by atoms with Crippen molar-refractivity contribution in [1.82, 2.24) is 10.2 Å².